The Bertz CT molecular complexity index is 402. The van der Waals surface area contributed by atoms with Crippen molar-refractivity contribution in [2.24, 2.45) is 10.9 Å². The molecule has 0 N–H and O–H groups in total. The van der Waals surface area contributed by atoms with E-state index in [9.17, 15) is 0 Å². The van der Waals surface area contributed by atoms with E-state index in [-0.39, 0.29) is 0 Å². The number of hydrogen-bond donors (Lipinski definition) is 0. The molecule has 1 atom stereocenters. The predicted octanol–water partition coefficient (Wildman–Crippen LogP) is 2.91. The van der Waals surface area contributed by atoms with E-state index in [1.54, 1.807) is 0 Å². The first-order valence-corrected chi connectivity index (χ1v) is 6.67. The van der Waals surface area contributed by atoms with E-state index in [1.165, 1.54) is 37.2 Å². The largest absolute Gasteiger partial charge is 0.298 e. The van der Waals surface area contributed by atoms with E-state index in [2.05, 4.69) is 42.2 Å². The Hall–Kier alpha value is -1.15. The quantitative estimate of drug-likeness (QED) is 0.760. The zero-order valence-corrected chi connectivity index (χ0v) is 10.5. The Morgan fingerprint density at radius 2 is 1.88 bits per heavy atom. The Balaban J connectivity index is 1.78. The minimum Gasteiger partial charge on any atom is -0.298 e. The van der Waals surface area contributed by atoms with Gasteiger partial charge in [0.1, 0.15) is 0 Å². The third-order valence-corrected chi connectivity index (χ3v) is 4.09. The summed E-state index contributed by atoms with van der Waals surface area (Å²) in [6.07, 6.45) is 2.64. The molecule has 2 bridgehead atoms. The standard InChI is InChI=1S/C15H20N2/c1-12(13-5-3-2-4-6-13)16-15-11-17-9-7-14(15)8-10-17/h2-6,12,14H,7-11H2,1H3/t12-/m1/s1. The molecule has 2 heteroatoms. The molecule has 2 nitrogen and oxygen atoms in total. The zero-order chi connectivity index (χ0) is 11.7. The number of benzene rings is 1. The minimum absolute atomic E-state index is 0.312. The minimum atomic E-state index is 0.312. The maximum absolute atomic E-state index is 4.96. The number of nitrogens with zero attached hydrogens (tertiary/aromatic N) is 2. The second-order valence-electron chi connectivity index (χ2n) is 5.26. The first kappa shape index (κ1) is 11.0. The van der Waals surface area contributed by atoms with Crippen LogP contribution in [0.3, 0.4) is 0 Å². The lowest BCUT2D eigenvalue weighted by Crippen LogP contribution is -2.48. The van der Waals surface area contributed by atoms with E-state index in [4.69, 9.17) is 4.99 Å². The highest BCUT2D eigenvalue weighted by molar-refractivity contribution is 5.90. The second-order valence-corrected chi connectivity index (χ2v) is 5.26. The van der Waals surface area contributed by atoms with Gasteiger partial charge in [-0.15, -0.1) is 0 Å². The average molecular weight is 228 g/mol. The van der Waals surface area contributed by atoms with Gasteiger partial charge in [0.25, 0.3) is 0 Å². The molecule has 3 fully saturated rings. The zero-order valence-electron chi connectivity index (χ0n) is 10.5. The summed E-state index contributed by atoms with van der Waals surface area (Å²) in [7, 11) is 0. The molecular formula is C15H20N2. The van der Waals surface area contributed by atoms with Gasteiger partial charge < -0.3 is 0 Å². The predicted molar refractivity (Wildman–Crippen MR) is 71.5 cm³/mol. The molecule has 3 saturated heterocycles. The average Bonchev–Trinajstić information content (AvgIpc) is 2.41. The number of hydrogen-bond acceptors (Lipinski definition) is 2. The maximum atomic E-state index is 4.96. The summed E-state index contributed by atoms with van der Waals surface area (Å²) in [5, 5.41) is 0. The van der Waals surface area contributed by atoms with E-state index < -0.39 is 0 Å². The molecular weight excluding hydrogens is 208 g/mol. The van der Waals surface area contributed by atoms with Crippen LogP contribution in [-0.2, 0) is 0 Å². The highest BCUT2D eigenvalue weighted by atomic mass is 15.2. The summed E-state index contributed by atoms with van der Waals surface area (Å²) in [5.41, 5.74) is 2.77. The topological polar surface area (TPSA) is 15.6 Å². The van der Waals surface area contributed by atoms with Crippen LogP contribution in [0.1, 0.15) is 31.4 Å². The molecule has 1 aromatic rings. The second kappa shape index (κ2) is 4.61. The number of aliphatic imine (C=N–C) groups is 1. The molecule has 17 heavy (non-hydrogen) atoms. The monoisotopic (exact) mass is 228 g/mol. The van der Waals surface area contributed by atoms with Crippen molar-refractivity contribution in [1.29, 1.82) is 0 Å². The van der Waals surface area contributed by atoms with Gasteiger partial charge in [-0.2, -0.15) is 0 Å². The van der Waals surface area contributed by atoms with Gasteiger partial charge in [-0.05, 0) is 38.4 Å². The molecule has 0 aromatic heterocycles. The van der Waals surface area contributed by atoms with E-state index >= 15 is 0 Å². The van der Waals surface area contributed by atoms with Gasteiger partial charge in [0.15, 0.2) is 0 Å². The highest BCUT2D eigenvalue weighted by Crippen LogP contribution is 2.27. The number of fused-ring (bicyclic) bond motifs is 3. The van der Waals surface area contributed by atoms with Crippen molar-refractivity contribution in [2.45, 2.75) is 25.8 Å². The molecule has 90 valence electrons. The van der Waals surface area contributed by atoms with Crippen LogP contribution in [0.25, 0.3) is 0 Å². The molecule has 3 aliphatic heterocycles. The van der Waals surface area contributed by atoms with Crippen LogP contribution in [-0.4, -0.2) is 30.2 Å². The van der Waals surface area contributed by atoms with Gasteiger partial charge in [-0.1, -0.05) is 30.3 Å². The molecule has 0 radical (unpaired) electrons. The molecule has 3 heterocycles. The summed E-state index contributed by atoms with van der Waals surface area (Å²) in [6, 6.07) is 10.9. The Morgan fingerprint density at radius 1 is 1.18 bits per heavy atom. The van der Waals surface area contributed by atoms with Crippen LogP contribution in [0.15, 0.2) is 35.3 Å². The first-order chi connectivity index (χ1) is 8.33. The van der Waals surface area contributed by atoms with Crippen LogP contribution in [0.5, 0.6) is 0 Å². The SMILES string of the molecule is C[C@@H](N=C1CN2CCC1CC2)c1ccccc1. The lowest BCUT2D eigenvalue weighted by Gasteiger charge is -2.40. The normalized spacial score (nSPS) is 31.7. The van der Waals surface area contributed by atoms with Crippen LogP contribution < -0.4 is 0 Å². The van der Waals surface area contributed by atoms with E-state index in [1.807, 2.05) is 0 Å². The van der Waals surface area contributed by atoms with E-state index in [0.29, 0.717) is 6.04 Å². The van der Waals surface area contributed by atoms with Gasteiger partial charge in [0.05, 0.1) is 6.04 Å². The summed E-state index contributed by atoms with van der Waals surface area (Å²) >= 11 is 0. The molecule has 0 aliphatic carbocycles. The maximum Gasteiger partial charge on any atom is 0.0720 e. The first-order valence-electron chi connectivity index (χ1n) is 6.67. The summed E-state index contributed by atoms with van der Waals surface area (Å²) in [6.45, 7) is 5.88. The molecule has 0 spiro atoms. The molecule has 1 aromatic carbocycles. The van der Waals surface area contributed by atoms with Crippen LogP contribution in [0.4, 0.5) is 0 Å². The van der Waals surface area contributed by atoms with Crippen molar-refractivity contribution < 1.29 is 0 Å². The highest BCUT2D eigenvalue weighted by Gasteiger charge is 2.30. The molecule has 0 unspecified atom stereocenters. The van der Waals surface area contributed by atoms with Crippen LogP contribution >= 0.6 is 0 Å². The third-order valence-electron chi connectivity index (χ3n) is 4.09. The smallest absolute Gasteiger partial charge is 0.0720 e. The van der Waals surface area contributed by atoms with Crippen molar-refractivity contribution in [1.82, 2.24) is 4.90 Å². The van der Waals surface area contributed by atoms with Crippen molar-refractivity contribution in [3.63, 3.8) is 0 Å². The van der Waals surface area contributed by atoms with E-state index in [0.717, 1.165) is 12.5 Å². The van der Waals surface area contributed by atoms with Crippen molar-refractivity contribution in [3.05, 3.63) is 35.9 Å². The fourth-order valence-corrected chi connectivity index (χ4v) is 2.98. The Labute approximate surface area is 103 Å². The molecule has 4 rings (SSSR count). The number of rotatable bonds is 2. The third kappa shape index (κ3) is 2.27. The van der Waals surface area contributed by atoms with Crippen LogP contribution in [0, 0.1) is 5.92 Å². The number of piperidine rings is 3. The van der Waals surface area contributed by atoms with Gasteiger partial charge >= 0.3 is 0 Å². The summed E-state index contributed by atoms with van der Waals surface area (Å²) in [5.74, 6) is 0.770. The van der Waals surface area contributed by atoms with Crippen molar-refractivity contribution in [3.8, 4) is 0 Å². The Kier molecular flexibility index (Phi) is 2.98. The molecule has 3 aliphatic rings. The van der Waals surface area contributed by atoms with Crippen LogP contribution in [0.2, 0.25) is 0 Å². The lowest BCUT2D eigenvalue weighted by molar-refractivity contribution is 0.199. The Morgan fingerprint density at radius 3 is 2.47 bits per heavy atom. The van der Waals surface area contributed by atoms with Gasteiger partial charge in [-0.3, -0.25) is 9.89 Å². The van der Waals surface area contributed by atoms with Crippen molar-refractivity contribution in [2.75, 3.05) is 19.6 Å². The van der Waals surface area contributed by atoms with Gasteiger partial charge in [0, 0.05) is 18.2 Å². The van der Waals surface area contributed by atoms with Gasteiger partial charge in [0.2, 0.25) is 0 Å². The summed E-state index contributed by atoms with van der Waals surface area (Å²) in [4.78, 5) is 7.50. The summed E-state index contributed by atoms with van der Waals surface area (Å²) < 4.78 is 0. The molecule has 0 amide bonds. The molecule has 0 saturated carbocycles. The van der Waals surface area contributed by atoms with Gasteiger partial charge in [-0.25, -0.2) is 0 Å². The lowest BCUT2D eigenvalue weighted by atomic mass is 9.86. The fraction of sp³-hybridized carbons (Fsp3) is 0.533. The fourth-order valence-electron chi connectivity index (χ4n) is 2.98. The van der Waals surface area contributed by atoms with Crippen molar-refractivity contribution >= 4 is 5.71 Å².